The standard InChI is InChI=1S/C15H19N/c1-3-4-5-8-13-11-16-15-10-7-6-9-14(15)12(13)2/h6-7,9-11H,3-5,8H2,1-2H3. The molecule has 0 unspecified atom stereocenters. The van der Waals surface area contributed by atoms with Gasteiger partial charge < -0.3 is 0 Å². The van der Waals surface area contributed by atoms with Crippen LogP contribution in [0, 0.1) is 6.92 Å². The van der Waals surface area contributed by atoms with Crippen molar-refractivity contribution in [3.05, 3.63) is 41.6 Å². The van der Waals surface area contributed by atoms with Gasteiger partial charge in [0.15, 0.2) is 0 Å². The zero-order valence-electron chi connectivity index (χ0n) is 10.2. The maximum absolute atomic E-state index is 4.52. The minimum Gasteiger partial charge on any atom is -0.256 e. The Morgan fingerprint density at radius 2 is 1.94 bits per heavy atom. The Morgan fingerprint density at radius 1 is 1.12 bits per heavy atom. The number of hydrogen-bond donors (Lipinski definition) is 0. The molecule has 0 bridgehead atoms. The van der Waals surface area contributed by atoms with Gasteiger partial charge in [0.2, 0.25) is 0 Å². The number of benzene rings is 1. The van der Waals surface area contributed by atoms with E-state index < -0.39 is 0 Å². The summed E-state index contributed by atoms with van der Waals surface area (Å²) in [5, 5.41) is 1.30. The highest BCUT2D eigenvalue weighted by Crippen LogP contribution is 2.20. The smallest absolute Gasteiger partial charge is 0.0704 e. The molecule has 2 aromatic rings. The summed E-state index contributed by atoms with van der Waals surface area (Å²) in [7, 11) is 0. The summed E-state index contributed by atoms with van der Waals surface area (Å²) >= 11 is 0. The van der Waals surface area contributed by atoms with Crippen LogP contribution >= 0.6 is 0 Å². The number of rotatable bonds is 4. The molecule has 16 heavy (non-hydrogen) atoms. The highest BCUT2D eigenvalue weighted by atomic mass is 14.7. The summed E-state index contributed by atoms with van der Waals surface area (Å²) in [6, 6.07) is 8.39. The number of aromatic nitrogens is 1. The van der Waals surface area contributed by atoms with Gasteiger partial charge in [0, 0.05) is 11.6 Å². The van der Waals surface area contributed by atoms with Gasteiger partial charge in [0.1, 0.15) is 0 Å². The predicted molar refractivity (Wildman–Crippen MR) is 69.7 cm³/mol. The van der Waals surface area contributed by atoms with Gasteiger partial charge in [-0.3, -0.25) is 4.98 Å². The molecule has 0 fully saturated rings. The van der Waals surface area contributed by atoms with Gasteiger partial charge in [-0.05, 0) is 37.0 Å². The van der Waals surface area contributed by atoms with Crippen LogP contribution < -0.4 is 0 Å². The Hall–Kier alpha value is -1.37. The van der Waals surface area contributed by atoms with E-state index in [0.29, 0.717) is 0 Å². The lowest BCUT2D eigenvalue weighted by Gasteiger charge is -2.08. The summed E-state index contributed by atoms with van der Waals surface area (Å²) in [4.78, 5) is 4.52. The summed E-state index contributed by atoms with van der Waals surface area (Å²) in [6.07, 6.45) is 7.08. The van der Waals surface area contributed by atoms with Gasteiger partial charge in [-0.15, -0.1) is 0 Å². The van der Waals surface area contributed by atoms with Gasteiger partial charge in [0.05, 0.1) is 5.52 Å². The Labute approximate surface area is 97.5 Å². The van der Waals surface area contributed by atoms with Gasteiger partial charge in [0.25, 0.3) is 0 Å². The third-order valence-corrected chi connectivity index (χ3v) is 3.20. The van der Waals surface area contributed by atoms with E-state index in [1.807, 2.05) is 12.3 Å². The number of unbranched alkanes of at least 4 members (excludes halogenated alkanes) is 2. The molecule has 2 rings (SSSR count). The average molecular weight is 213 g/mol. The second-order valence-corrected chi connectivity index (χ2v) is 4.38. The molecule has 1 aromatic carbocycles. The lowest BCUT2D eigenvalue weighted by Crippen LogP contribution is -1.93. The van der Waals surface area contributed by atoms with E-state index in [-0.39, 0.29) is 0 Å². The molecule has 0 aliphatic heterocycles. The molecule has 0 aliphatic rings. The summed E-state index contributed by atoms with van der Waals surface area (Å²) in [5.74, 6) is 0. The molecule has 0 radical (unpaired) electrons. The van der Waals surface area contributed by atoms with Crippen LogP contribution in [-0.4, -0.2) is 4.98 Å². The monoisotopic (exact) mass is 213 g/mol. The van der Waals surface area contributed by atoms with Crippen molar-refractivity contribution in [3.63, 3.8) is 0 Å². The molecule has 0 saturated heterocycles. The Kier molecular flexibility index (Phi) is 3.55. The van der Waals surface area contributed by atoms with Crippen LogP contribution in [0.3, 0.4) is 0 Å². The van der Waals surface area contributed by atoms with Crippen LogP contribution in [0.25, 0.3) is 10.9 Å². The van der Waals surface area contributed by atoms with Gasteiger partial charge in [-0.2, -0.15) is 0 Å². The maximum Gasteiger partial charge on any atom is 0.0704 e. The fourth-order valence-corrected chi connectivity index (χ4v) is 2.14. The van der Waals surface area contributed by atoms with Gasteiger partial charge in [-0.1, -0.05) is 38.0 Å². The molecule has 0 atom stereocenters. The molecule has 0 spiro atoms. The van der Waals surface area contributed by atoms with E-state index in [1.54, 1.807) is 0 Å². The molecule has 0 saturated carbocycles. The van der Waals surface area contributed by atoms with Crippen LogP contribution in [-0.2, 0) is 6.42 Å². The summed E-state index contributed by atoms with van der Waals surface area (Å²) in [6.45, 7) is 4.46. The Balaban J connectivity index is 2.29. The lowest BCUT2D eigenvalue weighted by molar-refractivity contribution is 0.715. The molecular formula is C15H19N. The van der Waals surface area contributed by atoms with Crippen LogP contribution in [0.1, 0.15) is 37.3 Å². The van der Waals surface area contributed by atoms with E-state index in [2.05, 4.69) is 37.0 Å². The summed E-state index contributed by atoms with van der Waals surface area (Å²) in [5.41, 5.74) is 3.92. The lowest BCUT2D eigenvalue weighted by atomic mass is 10.0. The van der Waals surface area contributed by atoms with E-state index in [4.69, 9.17) is 0 Å². The maximum atomic E-state index is 4.52. The van der Waals surface area contributed by atoms with Gasteiger partial charge in [-0.25, -0.2) is 0 Å². The number of hydrogen-bond acceptors (Lipinski definition) is 1. The van der Waals surface area contributed by atoms with E-state index in [9.17, 15) is 0 Å². The molecule has 1 heterocycles. The second-order valence-electron chi connectivity index (χ2n) is 4.38. The quantitative estimate of drug-likeness (QED) is 0.691. The van der Waals surface area contributed by atoms with Crippen molar-refractivity contribution < 1.29 is 0 Å². The van der Waals surface area contributed by atoms with E-state index >= 15 is 0 Å². The molecule has 1 aromatic heterocycles. The molecule has 0 aliphatic carbocycles. The molecule has 1 heteroatoms. The first kappa shape index (κ1) is 11.1. The minimum atomic E-state index is 1.11. The first-order chi connectivity index (χ1) is 7.83. The Bertz CT molecular complexity index is 474. The van der Waals surface area contributed by atoms with Crippen LogP contribution in [0.4, 0.5) is 0 Å². The molecule has 0 amide bonds. The van der Waals surface area contributed by atoms with Crippen molar-refractivity contribution in [3.8, 4) is 0 Å². The van der Waals surface area contributed by atoms with Gasteiger partial charge >= 0.3 is 0 Å². The van der Waals surface area contributed by atoms with Crippen LogP contribution in [0.5, 0.6) is 0 Å². The molecule has 84 valence electrons. The normalized spacial score (nSPS) is 10.9. The Morgan fingerprint density at radius 3 is 2.75 bits per heavy atom. The average Bonchev–Trinajstić information content (AvgIpc) is 2.33. The van der Waals surface area contributed by atoms with E-state index in [0.717, 1.165) is 11.9 Å². The van der Waals surface area contributed by atoms with Crippen molar-refractivity contribution >= 4 is 10.9 Å². The largest absolute Gasteiger partial charge is 0.256 e. The number of fused-ring (bicyclic) bond motifs is 1. The second kappa shape index (κ2) is 5.11. The first-order valence-corrected chi connectivity index (χ1v) is 6.16. The molecule has 1 nitrogen and oxygen atoms in total. The minimum absolute atomic E-state index is 1.11. The number of nitrogens with zero attached hydrogens (tertiary/aromatic N) is 1. The molecular weight excluding hydrogens is 194 g/mol. The van der Waals surface area contributed by atoms with Crippen molar-refractivity contribution in [1.82, 2.24) is 4.98 Å². The number of aryl methyl sites for hydroxylation is 2. The summed E-state index contributed by atoms with van der Waals surface area (Å²) < 4.78 is 0. The van der Waals surface area contributed by atoms with Crippen molar-refractivity contribution in [2.24, 2.45) is 0 Å². The predicted octanol–water partition coefficient (Wildman–Crippen LogP) is 4.28. The third kappa shape index (κ3) is 2.24. The van der Waals surface area contributed by atoms with Crippen molar-refractivity contribution in [2.45, 2.75) is 39.5 Å². The zero-order valence-corrected chi connectivity index (χ0v) is 10.2. The fourth-order valence-electron chi connectivity index (χ4n) is 2.14. The number of para-hydroxylation sites is 1. The zero-order chi connectivity index (χ0) is 11.4. The third-order valence-electron chi connectivity index (χ3n) is 3.20. The van der Waals surface area contributed by atoms with Crippen molar-refractivity contribution in [1.29, 1.82) is 0 Å². The van der Waals surface area contributed by atoms with Crippen LogP contribution in [0.15, 0.2) is 30.5 Å². The SMILES string of the molecule is CCCCCc1cnc2ccccc2c1C. The van der Waals surface area contributed by atoms with E-state index in [1.165, 1.54) is 35.8 Å². The topological polar surface area (TPSA) is 12.9 Å². The first-order valence-electron chi connectivity index (χ1n) is 6.16. The fraction of sp³-hybridized carbons (Fsp3) is 0.400. The highest BCUT2D eigenvalue weighted by Gasteiger charge is 2.03. The molecule has 0 N–H and O–H groups in total. The highest BCUT2D eigenvalue weighted by molar-refractivity contribution is 5.82. The van der Waals surface area contributed by atoms with Crippen molar-refractivity contribution in [2.75, 3.05) is 0 Å². The number of pyridine rings is 1. The van der Waals surface area contributed by atoms with Crippen LogP contribution in [0.2, 0.25) is 0 Å².